The molecule has 2 heterocycles. The summed E-state index contributed by atoms with van der Waals surface area (Å²) in [6.07, 6.45) is 8.69. The summed E-state index contributed by atoms with van der Waals surface area (Å²) in [6, 6.07) is 13.2. The lowest BCUT2D eigenvalue weighted by Gasteiger charge is -2.62. The maximum absolute atomic E-state index is 13.6. The molecule has 5 nitrogen and oxygen atoms in total. The SMILES string of the molecule is O=C(CN1CCN(c2ccccn2)CC1)NC12C[C@H]3C[C@@H](C1)CC(c1ccc(F)cc1)(C3)C2. The van der Waals surface area contributed by atoms with E-state index < -0.39 is 0 Å². The van der Waals surface area contributed by atoms with Gasteiger partial charge in [-0.15, -0.1) is 0 Å². The third kappa shape index (κ3) is 4.03. The quantitative estimate of drug-likeness (QED) is 0.757. The van der Waals surface area contributed by atoms with Crippen LogP contribution >= 0.6 is 0 Å². The molecule has 2 unspecified atom stereocenters. The Labute approximate surface area is 195 Å². The topological polar surface area (TPSA) is 48.5 Å². The molecule has 5 fully saturated rings. The summed E-state index contributed by atoms with van der Waals surface area (Å²) in [7, 11) is 0. The third-order valence-corrected chi connectivity index (χ3v) is 8.64. The number of halogens is 1. The molecule has 7 rings (SSSR count). The second-order valence-electron chi connectivity index (χ2n) is 11.0. The van der Waals surface area contributed by atoms with Crippen LogP contribution in [-0.2, 0) is 10.2 Å². The fourth-order valence-electron chi connectivity index (χ4n) is 7.76. The van der Waals surface area contributed by atoms with Gasteiger partial charge < -0.3 is 10.2 Å². The molecular formula is C27H33FN4O. The van der Waals surface area contributed by atoms with Crippen LogP contribution in [-0.4, -0.2) is 54.1 Å². The van der Waals surface area contributed by atoms with Crippen LogP contribution in [0.2, 0.25) is 0 Å². The summed E-state index contributed by atoms with van der Waals surface area (Å²) in [5.41, 5.74) is 1.27. The second-order valence-corrected chi connectivity index (χ2v) is 11.0. The van der Waals surface area contributed by atoms with Crippen molar-refractivity contribution in [3.8, 4) is 0 Å². The molecule has 1 N–H and O–H groups in total. The number of anilines is 1. The zero-order valence-corrected chi connectivity index (χ0v) is 19.2. The number of hydrogen-bond donors (Lipinski definition) is 1. The van der Waals surface area contributed by atoms with Crippen LogP contribution in [0.5, 0.6) is 0 Å². The molecule has 1 aliphatic heterocycles. The van der Waals surface area contributed by atoms with Crippen molar-refractivity contribution in [1.29, 1.82) is 0 Å². The van der Waals surface area contributed by atoms with E-state index in [0.29, 0.717) is 18.4 Å². The van der Waals surface area contributed by atoms with Gasteiger partial charge in [-0.25, -0.2) is 9.37 Å². The van der Waals surface area contributed by atoms with Crippen LogP contribution in [0.15, 0.2) is 48.7 Å². The van der Waals surface area contributed by atoms with Gasteiger partial charge in [0.15, 0.2) is 0 Å². The van der Waals surface area contributed by atoms with E-state index in [9.17, 15) is 9.18 Å². The summed E-state index contributed by atoms with van der Waals surface area (Å²) < 4.78 is 13.6. The molecule has 5 aliphatic rings. The highest BCUT2D eigenvalue weighted by Crippen LogP contribution is 2.62. The smallest absolute Gasteiger partial charge is 0.234 e. The van der Waals surface area contributed by atoms with E-state index in [1.807, 2.05) is 36.5 Å². The van der Waals surface area contributed by atoms with E-state index in [0.717, 1.165) is 51.3 Å². The fourth-order valence-corrected chi connectivity index (χ4v) is 7.76. The minimum Gasteiger partial charge on any atom is -0.354 e. The van der Waals surface area contributed by atoms with Gasteiger partial charge in [0.05, 0.1) is 6.54 Å². The molecule has 1 aromatic carbocycles. The van der Waals surface area contributed by atoms with E-state index >= 15 is 0 Å². The Morgan fingerprint density at radius 2 is 1.73 bits per heavy atom. The lowest BCUT2D eigenvalue weighted by molar-refractivity contribution is -0.129. The highest BCUT2D eigenvalue weighted by atomic mass is 19.1. The Morgan fingerprint density at radius 1 is 1.00 bits per heavy atom. The molecule has 4 atom stereocenters. The first-order chi connectivity index (χ1) is 16.0. The van der Waals surface area contributed by atoms with Gasteiger partial charge in [0.2, 0.25) is 5.91 Å². The van der Waals surface area contributed by atoms with Gasteiger partial charge in [-0.05, 0) is 85.6 Å². The zero-order valence-electron chi connectivity index (χ0n) is 19.2. The number of pyridine rings is 1. The molecule has 33 heavy (non-hydrogen) atoms. The number of amides is 1. The Kier molecular flexibility index (Phi) is 5.17. The maximum atomic E-state index is 13.6. The van der Waals surface area contributed by atoms with Gasteiger partial charge in [0, 0.05) is 37.9 Å². The van der Waals surface area contributed by atoms with E-state index in [1.54, 1.807) is 12.1 Å². The molecule has 174 valence electrons. The first-order valence-electron chi connectivity index (χ1n) is 12.5. The van der Waals surface area contributed by atoms with Crippen LogP contribution in [0.1, 0.15) is 44.1 Å². The predicted molar refractivity (Wildman–Crippen MR) is 127 cm³/mol. The lowest BCUT2D eigenvalue weighted by atomic mass is 9.45. The van der Waals surface area contributed by atoms with Crippen LogP contribution in [0, 0.1) is 17.7 Å². The Balaban J connectivity index is 1.11. The molecule has 2 aromatic rings. The number of nitrogens with one attached hydrogen (secondary N) is 1. The van der Waals surface area contributed by atoms with Gasteiger partial charge in [-0.1, -0.05) is 18.2 Å². The molecule has 0 spiro atoms. The number of aromatic nitrogens is 1. The number of carbonyl (C=O) groups is 1. The summed E-state index contributed by atoms with van der Waals surface area (Å²) in [6.45, 7) is 4.01. The van der Waals surface area contributed by atoms with Crippen LogP contribution in [0.25, 0.3) is 0 Å². The number of carbonyl (C=O) groups excluding carboxylic acids is 1. The Bertz CT molecular complexity index is 989. The molecule has 4 saturated carbocycles. The van der Waals surface area contributed by atoms with Crippen molar-refractivity contribution in [3.05, 3.63) is 60.0 Å². The van der Waals surface area contributed by atoms with Gasteiger partial charge >= 0.3 is 0 Å². The van der Waals surface area contributed by atoms with Crippen molar-refractivity contribution < 1.29 is 9.18 Å². The largest absolute Gasteiger partial charge is 0.354 e. The first kappa shape index (κ1) is 21.1. The Hall–Kier alpha value is -2.47. The number of nitrogens with zero attached hydrogens (tertiary/aromatic N) is 3. The van der Waals surface area contributed by atoms with Gasteiger partial charge in [0.1, 0.15) is 11.6 Å². The van der Waals surface area contributed by atoms with Crippen molar-refractivity contribution in [3.63, 3.8) is 0 Å². The van der Waals surface area contributed by atoms with E-state index in [2.05, 4.69) is 20.1 Å². The molecular weight excluding hydrogens is 415 g/mol. The Morgan fingerprint density at radius 3 is 2.39 bits per heavy atom. The van der Waals surface area contributed by atoms with Crippen LogP contribution in [0.4, 0.5) is 10.2 Å². The minimum absolute atomic E-state index is 0.0919. The average molecular weight is 449 g/mol. The highest BCUT2D eigenvalue weighted by Gasteiger charge is 2.58. The van der Waals surface area contributed by atoms with Gasteiger partial charge in [-0.3, -0.25) is 9.69 Å². The molecule has 4 aliphatic carbocycles. The van der Waals surface area contributed by atoms with Gasteiger partial charge in [-0.2, -0.15) is 0 Å². The highest BCUT2D eigenvalue weighted by molar-refractivity contribution is 5.79. The molecule has 6 heteroatoms. The standard InChI is InChI=1S/C27H33FN4O/c28-23-6-4-22(5-7-23)26-14-20-13-21(15-26)17-27(16-20,19-26)30-25(33)18-31-9-11-32(12-10-31)24-3-1-2-8-29-24/h1-8,20-21H,9-19H2,(H,30,33)/t20-,21+,26?,27?. The van der Waals surface area contributed by atoms with Crippen molar-refractivity contribution in [2.45, 2.75) is 49.5 Å². The van der Waals surface area contributed by atoms with Crippen LogP contribution in [0.3, 0.4) is 0 Å². The van der Waals surface area contributed by atoms with E-state index in [1.165, 1.54) is 24.8 Å². The summed E-state index contributed by atoms with van der Waals surface area (Å²) >= 11 is 0. The zero-order chi connectivity index (χ0) is 22.5. The summed E-state index contributed by atoms with van der Waals surface area (Å²) in [4.78, 5) is 22.2. The van der Waals surface area contributed by atoms with Crippen molar-refractivity contribution in [2.24, 2.45) is 11.8 Å². The number of benzene rings is 1. The molecule has 4 bridgehead atoms. The number of rotatable bonds is 5. The second kappa shape index (κ2) is 8.08. The van der Waals surface area contributed by atoms with E-state index in [4.69, 9.17) is 0 Å². The lowest BCUT2D eigenvalue weighted by Crippen LogP contribution is -2.65. The molecule has 0 radical (unpaired) electrons. The van der Waals surface area contributed by atoms with Crippen LogP contribution < -0.4 is 10.2 Å². The summed E-state index contributed by atoms with van der Waals surface area (Å²) in [5, 5.41) is 3.54. The summed E-state index contributed by atoms with van der Waals surface area (Å²) in [5.74, 6) is 2.34. The van der Waals surface area contributed by atoms with E-state index in [-0.39, 0.29) is 22.7 Å². The normalized spacial score (nSPS) is 33.3. The molecule has 1 saturated heterocycles. The molecule has 1 amide bonds. The minimum atomic E-state index is -0.172. The first-order valence-corrected chi connectivity index (χ1v) is 12.5. The fraction of sp³-hybridized carbons (Fsp3) is 0.556. The van der Waals surface area contributed by atoms with Crippen molar-refractivity contribution in [2.75, 3.05) is 37.6 Å². The van der Waals surface area contributed by atoms with Gasteiger partial charge in [0.25, 0.3) is 0 Å². The molecule has 1 aromatic heterocycles. The maximum Gasteiger partial charge on any atom is 0.234 e. The third-order valence-electron chi connectivity index (χ3n) is 8.64. The van der Waals surface area contributed by atoms with Crippen molar-refractivity contribution in [1.82, 2.24) is 15.2 Å². The monoisotopic (exact) mass is 448 g/mol. The average Bonchev–Trinajstić information content (AvgIpc) is 2.79. The number of hydrogen-bond acceptors (Lipinski definition) is 4. The number of piperazine rings is 1. The predicted octanol–water partition coefficient (Wildman–Crippen LogP) is 3.75. The van der Waals surface area contributed by atoms with Crippen molar-refractivity contribution >= 4 is 11.7 Å².